The SMILES string of the molecule is CC(C)(C)NC(=O)CN(c1cccc(Cl)c1)S(C)(=O)=O. The Kier molecular flexibility index (Phi) is 5.05. The summed E-state index contributed by atoms with van der Waals surface area (Å²) >= 11 is 5.86. The highest BCUT2D eigenvalue weighted by Crippen LogP contribution is 2.21. The van der Waals surface area contributed by atoms with Crippen molar-refractivity contribution in [3.8, 4) is 0 Å². The van der Waals surface area contributed by atoms with Gasteiger partial charge in [0.05, 0.1) is 11.9 Å². The van der Waals surface area contributed by atoms with Crippen LogP contribution in [0, 0.1) is 0 Å². The summed E-state index contributed by atoms with van der Waals surface area (Å²) in [7, 11) is -3.57. The van der Waals surface area contributed by atoms with Gasteiger partial charge >= 0.3 is 0 Å². The first kappa shape index (κ1) is 16.8. The number of sulfonamides is 1. The van der Waals surface area contributed by atoms with Gasteiger partial charge in [-0.25, -0.2) is 8.42 Å². The molecule has 0 heterocycles. The van der Waals surface area contributed by atoms with Crippen LogP contribution in [0.15, 0.2) is 24.3 Å². The second-order valence-electron chi connectivity index (χ2n) is 5.55. The van der Waals surface area contributed by atoms with Crippen molar-refractivity contribution in [3.05, 3.63) is 29.3 Å². The summed E-state index contributed by atoms with van der Waals surface area (Å²) in [4.78, 5) is 11.9. The molecule has 0 saturated heterocycles. The van der Waals surface area contributed by atoms with Gasteiger partial charge in [0.1, 0.15) is 6.54 Å². The summed E-state index contributed by atoms with van der Waals surface area (Å²) in [5.41, 5.74) is -0.0572. The van der Waals surface area contributed by atoms with E-state index in [0.717, 1.165) is 10.6 Å². The molecular formula is C13H19ClN2O3S. The molecular weight excluding hydrogens is 300 g/mol. The van der Waals surface area contributed by atoms with Crippen LogP contribution in [0.25, 0.3) is 0 Å². The zero-order valence-electron chi connectivity index (χ0n) is 12.0. The zero-order chi connectivity index (χ0) is 15.6. The third-order valence-corrected chi connectivity index (χ3v) is 3.67. The molecule has 1 rings (SSSR count). The Morgan fingerprint density at radius 1 is 1.35 bits per heavy atom. The van der Waals surface area contributed by atoms with E-state index in [1.807, 2.05) is 20.8 Å². The second-order valence-corrected chi connectivity index (χ2v) is 7.89. The second kappa shape index (κ2) is 6.01. The highest BCUT2D eigenvalue weighted by atomic mass is 35.5. The molecule has 0 aliphatic heterocycles. The van der Waals surface area contributed by atoms with Crippen LogP contribution in [0.3, 0.4) is 0 Å². The lowest BCUT2D eigenvalue weighted by molar-refractivity contribution is -0.121. The lowest BCUT2D eigenvalue weighted by Crippen LogP contribution is -2.47. The van der Waals surface area contributed by atoms with Crippen molar-refractivity contribution < 1.29 is 13.2 Å². The number of nitrogens with zero attached hydrogens (tertiary/aromatic N) is 1. The molecule has 1 N–H and O–H groups in total. The number of carbonyl (C=O) groups excluding carboxylic acids is 1. The Labute approximate surface area is 125 Å². The largest absolute Gasteiger partial charge is 0.350 e. The number of carbonyl (C=O) groups is 1. The minimum Gasteiger partial charge on any atom is -0.350 e. The number of anilines is 1. The normalized spacial score (nSPS) is 12.1. The predicted molar refractivity (Wildman–Crippen MR) is 81.5 cm³/mol. The summed E-state index contributed by atoms with van der Waals surface area (Å²) in [6.45, 7) is 5.20. The van der Waals surface area contributed by atoms with Crippen molar-refractivity contribution >= 4 is 33.2 Å². The van der Waals surface area contributed by atoms with Gasteiger partial charge in [0.2, 0.25) is 15.9 Å². The van der Waals surface area contributed by atoms with Crippen LogP contribution in [-0.4, -0.2) is 32.7 Å². The van der Waals surface area contributed by atoms with E-state index in [4.69, 9.17) is 11.6 Å². The molecule has 0 unspecified atom stereocenters. The maximum atomic E-state index is 11.9. The molecule has 20 heavy (non-hydrogen) atoms. The molecule has 0 fully saturated rings. The Bertz CT molecular complexity index is 594. The number of hydrogen-bond donors (Lipinski definition) is 1. The summed E-state index contributed by atoms with van der Waals surface area (Å²) in [6, 6.07) is 6.38. The molecule has 5 nitrogen and oxygen atoms in total. The monoisotopic (exact) mass is 318 g/mol. The number of halogens is 1. The average Bonchev–Trinajstić information content (AvgIpc) is 2.21. The molecule has 112 valence electrons. The predicted octanol–water partition coefficient (Wildman–Crippen LogP) is 2.02. The van der Waals surface area contributed by atoms with E-state index >= 15 is 0 Å². The molecule has 1 amide bonds. The first-order valence-corrected chi connectivity index (χ1v) is 8.26. The molecule has 7 heteroatoms. The van der Waals surface area contributed by atoms with E-state index in [0.29, 0.717) is 10.7 Å². The van der Waals surface area contributed by atoms with Crippen LogP contribution in [-0.2, 0) is 14.8 Å². The van der Waals surface area contributed by atoms with Crippen LogP contribution < -0.4 is 9.62 Å². The van der Waals surface area contributed by atoms with Gasteiger partial charge in [-0.15, -0.1) is 0 Å². The molecule has 0 atom stereocenters. The highest BCUT2D eigenvalue weighted by Gasteiger charge is 2.23. The smallest absolute Gasteiger partial charge is 0.241 e. The van der Waals surface area contributed by atoms with Gasteiger partial charge in [-0.2, -0.15) is 0 Å². The number of nitrogens with one attached hydrogen (secondary N) is 1. The fourth-order valence-corrected chi connectivity index (χ4v) is 2.65. The summed E-state index contributed by atoms with van der Waals surface area (Å²) in [5.74, 6) is -0.372. The van der Waals surface area contributed by atoms with Gasteiger partial charge < -0.3 is 5.32 Å². The highest BCUT2D eigenvalue weighted by molar-refractivity contribution is 7.92. The maximum Gasteiger partial charge on any atom is 0.241 e. The fourth-order valence-electron chi connectivity index (χ4n) is 1.62. The topological polar surface area (TPSA) is 66.5 Å². The van der Waals surface area contributed by atoms with Gasteiger partial charge in [0.25, 0.3) is 0 Å². The first-order chi connectivity index (χ1) is 8.99. The molecule has 0 spiro atoms. The quantitative estimate of drug-likeness (QED) is 0.923. The van der Waals surface area contributed by atoms with E-state index in [2.05, 4.69) is 5.32 Å². The van der Waals surface area contributed by atoms with Crippen LogP contribution in [0.2, 0.25) is 5.02 Å². The fraction of sp³-hybridized carbons (Fsp3) is 0.462. The zero-order valence-corrected chi connectivity index (χ0v) is 13.5. The molecule has 1 aromatic rings. The van der Waals surface area contributed by atoms with E-state index in [9.17, 15) is 13.2 Å². The van der Waals surface area contributed by atoms with E-state index in [1.54, 1.807) is 18.2 Å². The number of amides is 1. The molecule has 0 saturated carbocycles. The molecule has 0 radical (unpaired) electrons. The maximum absolute atomic E-state index is 11.9. The van der Waals surface area contributed by atoms with E-state index in [1.165, 1.54) is 6.07 Å². The average molecular weight is 319 g/mol. The number of rotatable bonds is 4. The number of benzene rings is 1. The summed E-state index contributed by atoms with van der Waals surface area (Å²) < 4.78 is 24.7. The van der Waals surface area contributed by atoms with Gasteiger partial charge in [-0.05, 0) is 39.0 Å². The Morgan fingerprint density at radius 3 is 2.40 bits per heavy atom. The lowest BCUT2D eigenvalue weighted by Gasteiger charge is -2.25. The van der Waals surface area contributed by atoms with E-state index in [-0.39, 0.29) is 12.5 Å². The Morgan fingerprint density at radius 2 is 1.95 bits per heavy atom. The molecule has 0 aliphatic carbocycles. The van der Waals surface area contributed by atoms with Crippen molar-refractivity contribution in [3.63, 3.8) is 0 Å². The molecule has 1 aromatic carbocycles. The lowest BCUT2D eigenvalue weighted by atomic mass is 10.1. The van der Waals surface area contributed by atoms with Crippen LogP contribution in [0.5, 0.6) is 0 Å². The summed E-state index contributed by atoms with van der Waals surface area (Å²) in [6.07, 6.45) is 1.05. The van der Waals surface area contributed by atoms with Crippen molar-refractivity contribution in [2.24, 2.45) is 0 Å². The van der Waals surface area contributed by atoms with Crippen LogP contribution in [0.1, 0.15) is 20.8 Å². The van der Waals surface area contributed by atoms with Crippen LogP contribution >= 0.6 is 11.6 Å². The van der Waals surface area contributed by atoms with Gasteiger partial charge in [-0.3, -0.25) is 9.10 Å². The Hall–Kier alpha value is -1.27. The minimum absolute atomic E-state index is 0.281. The van der Waals surface area contributed by atoms with Crippen LogP contribution in [0.4, 0.5) is 5.69 Å². The minimum atomic E-state index is -3.57. The van der Waals surface area contributed by atoms with Gasteiger partial charge in [0, 0.05) is 10.6 Å². The molecule has 0 bridgehead atoms. The standard InChI is InChI=1S/C13H19ClN2O3S/c1-13(2,3)15-12(17)9-16(20(4,18)19)11-7-5-6-10(14)8-11/h5-8H,9H2,1-4H3,(H,15,17). The van der Waals surface area contributed by atoms with Crippen molar-refractivity contribution in [1.29, 1.82) is 0 Å². The Balaban J connectivity index is 3.02. The first-order valence-electron chi connectivity index (χ1n) is 6.03. The number of hydrogen-bond acceptors (Lipinski definition) is 3. The van der Waals surface area contributed by atoms with E-state index < -0.39 is 15.6 Å². The van der Waals surface area contributed by atoms with Crippen molar-refractivity contribution in [2.75, 3.05) is 17.1 Å². The molecule has 0 aliphatic rings. The third-order valence-electron chi connectivity index (χ3n) is 2.30. The van der Waals surface area contributed by atoms with Gasteiger partial charge in [-0.1, -0.05) is 17.7 Å². The van der Waals surface area contributed by atoms with Gasteiger partial charge in [0.15, 0.2) is 0 Å². The summed E-state index contributed by atoms with van der Waals surface area (Å²) in [5, 5.41) is 3.14. The third kappa shape index (κ3) is 5.38. The molecule has 0 aromatic heterocycles. The van der Waals surface area contributed by atoms with Crippen molar-refractivity contribution in [2.45, 2.75) is 26.3 Å². The van der Waals surface area contributed by atoms with Crippen molar-refractivity contribution in [1.82, 2.24) is 5.32 Å².